The van der Waals surface area contributed by atoms with Crippen molar-refractivity contribution in [1.82, 2.24) is 0 Å². The Morgan fingerprint density at radius 3 is 1.14 bits per heavy atom. The van der Waals surface area contributed by atoms with Gasteiger partial charge in [-0.3, -0.25) is 12.2 Å². The second kappa shape index (κ2) is 15.7. The van der Waals surface area contributed by atoms with E-state index in [2.05, 4.69) is 110 Å². The molecule has 28 heavy (non-hydrogen) atoms. The van der Waals surface area contributed by atoms with Crippen LogP contribution >= 0.6 is 0 Å². The first-order valence-electron chi connectivity index (χ1n) is 9.94. The second-order valence-electron chi connectivity index (χ2n) is 9.30. The molecule has 0 nitrogen and oxygen atoms in total. The van der Waals surface area contributed by atoms with Crippen molar-refractivity contribution >= 4 is 22.3 Å². The predicted molar refractivity (Wildman–Crippen MR) is 124 cm³/mol. The summed E-state index contributed by atoms with van der Waals surface area (Å²) in [5.74, 6) is 0. The Morgan fingerprint density at radius 2 is 1.04 bits per heavy atom. The van der Waals surface area contributed by atoms with Crippen LogP contribution in [0.5, 0.6) is 0 Å². The van der Waals surface area contributed by atoms with Gasteiger partial charge in [-0.05, 0) is 0 Å². The molecule has 0 saturated heterocycles. The molecule has 0 spiro atoms. The molecule has 0 bridgehead atoms. The molecule has 0 aromatic carbocycles. The zero-order valence-electron chi connectivity index (χ0n) is 19.7. The van der Waals surface area contributed by atoms with Crippen molar-refractivity contribution in [2.24, 2.45) is 0 Å². The monoisotopic (exact) mass is 506 g/mol. The molecule has 0 unspecified atom stereocenters. The Hall–Kier alpha value is 0.905. The minimum Gasteiger partial charge on any atom is -1.00 e. The van der Waals surface area contributed by atoms with Gasteiger partial charge in [0.15, 0.2) is 0 Å². The van der Waals surface area contributed by atoms with Crippen molar-refractivity contribution in [3.05, 3.63) is 45.8 Å². The van der Waals surface area contributed by atoms with Gasteiger partial charge in [-0.2, -0.15) is 10.4 Å². The summed E-state index contributed by atoms with van der Waals surface area (Å²) >= 11 is 2.27. The number of halogens is 2. The minimum absolute atomic E-state index is 0. The van der Waals surface area contributed by atoms with Gasteiger partial charge in [-0.1, -0.05) is 66.0 Å². The average molecular weight is 508 g/mol. The Bertz CT molecular complexity index is 552. The Balaban J connectivity index is -0.000000355. The van der Waals surface area contributed by atoms with Crippen LogP contribution in [-0.4, -0.2) is 22.3 Å². The molecule has 2 aliphatic carbocycles. The van der Waals surface area contributed by atoms with Gasteiger partial charge in [0, 0.05) is 0 Å². The van der Waals surface area contributed by atoms with Gasteiger partial charge < -0.3 is 24.8 Å². The van der Waals surface area contributed by atoms with Gasteiger partial charge >= 0.3 is 38.5 Å². The summed E-state index contributed by atoms with van der Waals surface area (Å²) in [4.78, 5) is 0. The zero-order chi connectivity index (χ0) is 20.5. The van der Waals surface area contributed by atoms with Crippen LogP contribution in [0.2, 0.25) is 52.4 Å². The molecule has 0 amide bonds. The van der Waals surface area contributed by atoms with Gasteiger partial charge in [0.2, 0.25) is 0 Å². The van der Waals surface area contributed by atoms with E-state index in [1.165, 1.54) is 11.1 Å². The maximum Gasteiger partial charge on any atom is -1.00 e. The molecular formula is C22H40Cl2Si3Ti-2. The number of hydrogen-bond acceptors (Lipinski definition) is 0. The maximum absolute atomic E-state index is 3.42. The Labute approximate surface area is 202 Å². The van der Waals surface area contributed by atoms with Crippen molar-refractivity contribution in [3.8, 4) is 0 Å². The van der Waals surface area contributed by atoms with Crippen LogP contribution in [0.25, 0.3) is 0 Å². The summed E-state index contributed by atoms with van der Waals surface area (Å²) in [5, 5.41) is 3.32. The molecule has 0 N–H and O–H groups in total. The first-order chi connectivity index (χ1) is 11.8. The summed E-state index contributed by atoms with van der Waals surface area (Å²) in [6.07, 6.45) is 16.2. The third-order valence-corrected chi connectivity index (χ3v) is 8.89. The van der Waals surface area contributed by atoms with E-state index in [-0.39, 0.29) is 31.0 Å². The molecule has 2 aliphatic rings. The molecule has 0 saturated carbocycles. The zero-order valence-corrected chi connectivity index (χ0v) is 25.8. The third-order valence-electron chi connectivity index (χ3n) is 4.40. The molecule has 160 valence electrons. The molecule has 0 atom stereocenters. The SMILES string of the molecule is CCC1=[C-]CC([Si](C)(C)C)=C1.CCC1=[C-]CC([Si](C)(C)C)=C1.C[Si](C)=[Ti+2].[Cl-].[Cl-]. The number of allylic oxidation sites excluding steroid dienone is 8. The van der Waals surface area contributed by atoms with Crippen LogP contribution in [0.4, 0.5) is 0 Å². The minimum atomic E-state index is -1.00. The average Bonchev–Trinajstić information content (AvgIpc) is 3.15. The fraction of sp³-hybridized carbons (Fsp3) is 0.636. The summed E-state index contributed by atoms with van der Waals surface area (Å²) < 4.78 is 0. The third kappa shape index (κ3) is 14.8. The van der Waals surface area contributed by atoms with E-state index in [1.54, 1.807) is 10.4 Å². The molecule has 6 heteroatoms. The summed E-state index contributed by atoms with van der Waals surface area (Å²) in [7, 11) is -2.01. The van der Waals surface area contributed by atoms with E-state index < -0.39 is 16.1 Å². The van der Waals surface area contributed by atoms with Crippen molar-refractivity contribution in [1.29, 1.82) is 0 Å². The molecule has 0 radical (unpaired) electrons. The molecule has 0 heterocycles. The van der Waals surface area contributed by atoms with Gasteiger partial charge in [0.25, 0.3) is 0 Å². The first kappa shape index (κ1) is 33.5. The molecule has 0 aromatic rings. The first-order valence-corrected chi connectivity index (χ1v) is 21.8. The molecule has 0 aliphatic heterocycles. The van der Waals surface area contributed by atoms with E-state index in [9.17, 15) is 0 Å². The Morgan fingerprint density at radius 1 is 0.786 bits per heavy atom. The van der Waals surface area contributed by atoms with E-state index in [0.717, 1.165) is 25.7 Å². The van der Waals surface area contributed by atoms with E-state index in [0.29, 0.717) is 0 Å². The second-order valence-corrected chi connectivity index (χ2v) is 26.3. The van der Waals surface area contributed by atoms with Crippen molar-refractivity contribution in [3.63, 3.8) is 0 Å². The number of rotatable bonds is 4. The van der Waals surface area contributed by atoms with E-state index >= 15 is 0 Å². The molecular weight excluding hydrogens is 467 g/mol. The van der Waals surface area contributed by atoms with Gasteiger partial charge in [-0.15, -0.1) is 12.8 Å². The molecule has 2 rings (SSSR count). The van der Waals surface area contributed by atoms with Crippen LogP contribution in [0.1, 0.15) is 39.5 Å². The van der Waals surface area contributed by atoms with Gasteiger partial charge in [0.05, 0.1) is 16.1 Å². The molecule has 0 fully saturated rings. The quantitative estimate of drug-likeness (QED) is 0.400. The number of hydrogen-bond donors (Lipinski definition) is 0. The Kier molecular flexibility index (Phi) is 18.8. The van der Waals surface area contributed by atoms with Crippen LogP contribution in [-0.2, 0) is 19.2 Å². The van der Waals surface area contributed by atoms with Crippen LogP contribution in [0.3, 0.4) is 0 Å². The molecule has 0 aromatic heterocycles. The normalized spacial score (nSPS) is 15.3. The van der Waals surface area contributed by atoms with Gasteiger partial charge in [0.1, 0.15) is 0 Å². The maximum atomic E-state index is 3.42. The van der Waals surface area contributed by atoms with E-state index in [1.807, 2.05) is 0 Å². The smallest absolute Gasteiger partial charge is 1.00 e. The topological polar surface area (TPSA) is 0 Å². The van der Waals surface area contributed by atoms with E-state index in [4.69, 9.17) is 0 Å². The largest absolute Gasteiger partial charge is 1.00 e. The summed E-state index contributed by atoms with van der Waals surface area (Å²) in [5.41, 5.74) is 2.84. The van der Waals surface area contributed by atoms with Crippen molar-refractivity contribution in [2.75, 3.05) is 0 Å². The van der Waals surface area contributed by atoms with Crippen molar-refractivity contribution in [2.45, 2.75) is 91.9 Å². The van der Waals surface area contributed by atoms with Gasteiger partial charge in [-0.25, -0.2) is 23.3 Å². The van der Waals surface area contributed by atoms with Crippen LogP contribution in [0.15, 0.2) is 33.7 Å². The van der Waals surface area contributed by atoms with Crippen molar-refractivity contribution < 1.29 is 44.0 Å². The fourth-order valence-corrected chi connectivity index (χ4v) is 4.91. The summed E-state index contributed by atoms with van der Waals surface area (Å²) in [6.45, 7) is 23.3. The predicted octanol–water partition coefficient (Wildman–Crippen LogP) is 1.46. The standard InChI is InChI=1S/2C10H17Si.C2H6Si.2ClH.Ti/c2*1-5-9-6-7-10(8-9)11(2,3)4;1-3-2;;;/h2*8H,5,7H2,1-4H3;1-2H3;2*1H;/q2*-1;;;;+2/p-2. The fourth-order valence-electron chi connectivity index (χ4n) is 2.46. The van der Waals surface area contributed by atoms with Crippen LogP contribution < -0.4 is 24.8 Å². The summed E-state index contributed by atoms with van der Waals surface area (Å²) in [6, 6.07) is 0. The van der Waals surface area contributed by atoms with Crippen LogP contribution in [0, 0.1) is 12.2 Å².